The largest absolute Gasteiger partial charge is 0.351 e. The highest BCUT2D eigenvalue weighted by Gasteiger charge is 2.21. The van der Waals surface area contributed by atoms with Crippen LogP contribution in [-0.4, -0.2) is 17.5 Å². The molecule has 2 N–H and O–H groups in total. The number of primary amides is 1. The minimum Gasteiger partial charge on any atom is -0.351 e. The third-order valence-electron chi connectivity index (χ3n) is 3.24. The van der Waals surface area contributed by atoms with Gasteiger partial charge in [0.25, 0.3) is 0 Å². The molecule has 0 saturated carbocycles. The van der Waals surface area contributed by atoms with Crippen LogP contribution in [0.25, 0.3) is 0 Å². The van der Waals surface area contributed by atoms with E-state index in [1.165, 1.54) is 16.7 Å². The predicted molar refractivity (Wildman–Crippen MR) is 64.2 cm³/mol. The van der Waals surface area contributed by atoms with Crippen molar-refractivity contribution in [1.82, 2.24) is 4.90 Å². The third kappa shape index (κ3) is 1.90. The number of fused-ring (bicyclic) bond motifs is 1. The highest BCUT2D eigenvalue weighted by atomic mass is 16.2. The van der Waals surface area contributed by atoms with Gasteiger partial charge in [0.1, 0.15) is 0 Å². The van der Waals surface area contributed by atoms with Gasteiger partial charge in [-0.2, -0.15) is 0 Å². The Balaban J connectivity index is 2.34. The molecule has 0 saturated heterocycles. The number of hydrogen-bond acceptors (Lipinski definition) is 1. The SMILES string of the molecule is CC(C)c1cccc2c1CCN(C(N)=O)C2. The molecule has 3 nitrogen and oxygen atoms in total. The lowest BCUT2D eigenvalue weighted by Crippen LogP contribution is -2.39. The Morgan fingerprint density at radius 3 is 2.81 bits per heavy atom. The van der Waals surface area contributed by atoms with Gasteiger partial charge in [0.05, 0.1) is 0 Å². The second-order valence-electron chi connectivity index (χ2n) is 4.65. The van der Waals surface area contributed by atoms with E-state index in [2.05, 4.69) is 32.0 Å². The highest BCUT2D eigenvalue weighted by Crippen LogP contribution is 2.27. The Hall–Kier alpha value is -1.51. The molecule has 2 amide bonds. The zero-order valence-electron chi connectivity index (χ0n) is 9.86. The van der Waals surface area contributed by atoms with E-state index in [9.17, 15) is 4.79 Å². The molecule has 1 aliphatic heterocycles. The summed E-state index contributed by atoms with van der Waals surface area (Å²) in [6.07, 6.45) is 0.923. The highest BCUT2D eigenvalue weighted by molar-refractivity contribution is 5.72. The van der Waals surface area contributed by atoms with Crippen molar-refractivity contribution in [2.75, 3.05) is 6.54 Å². The van der Waals surface area contributed by atoms with Crippen LogP contribution in [-0.2, 0) is 13.0 Å². The van der Waals surface area contributed by atoms with Crippen LogP contribution >= 0.6 is 0 Å². The van der Waals surface area contributed by atoms with Gasteiger partial charge in [-0.05, 0) is 29.0 Å². The van der Waals surface area contributed by atoms with E-state index >= 15 is 0 Å². The van der Waals surface area contributed by atoms with Crippen molar-refractivity contribution < 1.29 is 4.79 Å². The Morgan fingerprint density at radius 1 is 1.44 bits per heavy atom. The van der Waals surface area contributed by atoms with Gasteiger partial charge >= 0.3 is 6.03 Å². The van der Waals surface area contributed by atoms with E-state index in [1.54, 1.807) is 4.90 Å². The fourth-order valence-electron chi connectivity index (χ4n) is 2.37. The Bertz CT molecular complexity index is 412. The van der Waals surface area contributed by atoms with Crippen molar-refractivity contribution in [3.8, 4) is 0 Å². The van der Waals surface area contributed by atoms with E-state index in [1.807, 2.05) is 0 Å². The molecule has 2 rings (SSSR count). The molecular weight excluding hydrogens is 200 g/mol. The van der Waals surface area contributed by atoms with Crippen molar-refractivity contribution in [2.45, 2.75) is 32.7 Å². The Morgan fingerprint density at radius 2 is 2.19 bits per heavy atom. The summed E-state index contributed by atoms with van der Waals surface area (Å²) in [6.45, 7) is 5.81. The van der Waals surface area contributed by atoms with Crippen LogP contribution in [0.5, 0.6) is 0 Å². The van der Waals surface area contributed by atoms with Crippen LogP contribution < -0.4 is 5.73 Å². The number of nitrogens with two attached hydrogens (primary N) is 1. The average Bonchev–Trinajstić information content (AvgIpc) is 2.27. The minimum atomic E-state index is -0.319. The van der Waals surface area contributed by atoms with Crippen LogP contribution in [0.3, 0.4) is 0 Å². The summed E-state index contributed by atoms with van der Waals surface area (Å²) in [4.78, 5) is 12.8. The number of nitrogens with zero attached hydrogens (tertiary/aromatic N) is 1. The number of carbonyl (C=O) groups is 1. The quantitative estimate of drug-likeness (QED) is 0.772. The Kier molecular flexibility index (Phi) is 2.86. The molecular formula is C13H18N2O. The number of amides is 2. The summed E-state index contributed by atoms with van der Waals surface area (Å²) in [5, 5.41) is 0. The van der Waals surface area contributed by atoms with Crippen LogP contribution in [0.4, 0.5) is 4.79 Å². The van der Waals surface area contributed by atoms with Crippen LogP contribution in [0.2, 0.25) is 0 Å². The molecule has 0 radical (unpaired) electrons. The molecule has 86 valence electrons. The second kappa shape index (κ2) is 4.16. The number of urea groups is 1. The lowest BCUT2D eigenvalue weighted by molar-refractivity contribution is 0.202. The van der Waals surface area contributed by atoms with Crippen LogP contribution in [0, 0.1) is 0 Å². The average molecular weight is 218 g/mol. The summed E-state index contributed by atoms with van der Waals surface area (Å²) < 4.78 is 0. The maximum Gasteiger partial charge on any atom is 0.315 e. The standard InChI is InChI=1S/C13H18N2O/c1-9(2)11-5-3-4-10-8-15(13(14)16)7-6-12(10)11/h3-5,9H,6-8H2,1-2H3,(H2,14,16). The lowest BCUT2D eigenvalue weighted by atomic mass is 9.89. The first-order chi connectivity index (χ1) is 7.59. The van der Waals surface area contributed by atoms with Gasteiger partial charge in [0.2, 0.25) is 0 Å². The first-order valence-corrected chi connectivity index (χ1v) is 5.74. The van der Waals surface area contributed by atoms with E-state index in [4.69, 9.17) is 5.73 Å². The van der Waals surface area contributed by atoms with E-state index < -0.39 is 0 Å². The van der Waals surface area contributed by atoms with Crippen molar-refractivity contribution >= 4 is 6.03 Å². The fraction of sp³-hybridized carbons (Fsp3) is 0.462. The molecule has 0 aromatic heterocycles. The summed E-state index contributed by atoms with van der Waals surface area (Å²) >= 11 is 0. The van der Waals surface area contributed by atoms with Gasteiger partial charge in [-0.25, -0.2) is 4.79 Å². The molecule has 0 aliphatic carbocycles. The molecule has 0 unspecified atom stereocenters. The van der Waals surface area contributed by atoms with Crippen LogP contribution in [0.1, 0.15) is 36.5 Å². The smallest absolute Gasteiger partial charge is 0.315 e. The van der Waals surface area contributed by atoms with E-state index in [-0.39, 0.29) is 6.03 Å². The summed E-state index contributed by atoms with van der Waals surface area (Å²) in [6, 6.07) is 6.03. The van der Waals surface area contributed by atoms with Gasteiger partial charge < -0.3 is 10.6 Å². The molecule has 0 bridgehead atoms. The van der Waals surface area contributed by atoms with Gasteiger partial charge in [0, 0.05) is 13.1 Å². The summed E-state index contributed by atoms with van der Waals surface area (Å²) in [7, 11) is 0. The van der Waals surface area contributed by atoms with Crippen molar-refractivity contribution in [1.29, 1.82) is 0 Å². The zero-order chi connectivity index (χ0) is 11.7. The molecule has 3 heteroatoms. The number of rotatable bonds is 1. The van der Waals surface area contributed by atoms with Crippen LogP contribution in [0.15, 0.2) is 18.2 Å². The zero-order valence-corrected chi connectivity index (χ0v) is 9.86. The number of carbonyl (C=O) groups excluding carboxylic acids is 1. The van der Waals surface area contributed by atoms with Crippen molar-refractivity contribution in [3.05, 3.63) is 34.9 Å². The molecule has 1 aromatic carbocycles. The molecule has 16 heavy (non-hydrogen) atoms. The second-order valence-corrected chi connectivity index (χ2v) is 4.65. The normalized spacial score (nSPS) is 15.1. The van der Waals surface area contributed by atoms with Crippen molar-refractivity contribution in [3.63, 3.8) is 0 Å². The predicted octanol–water partition coefficient (Wildman–Crippen LogP) is 2.25. The first kappa shape index (κ1) is 11.0. The van der Waals surface area contributed by atoms with E-state index in [0.717, 1.165) is 13.0 Å². The van der Waals surface area contributed by atoms with Gasteiger partial charge in [0.15, 0.2) is 0 Å². The molecule has 0 atom stereocenters. The molecule has 1 aliphatic rings. The molecule has 0 spiro atoms. The monoisotopic (exact) mass is 218 g/mol. The molecule has 1 aromatic rings. The first-order valence-electron chi connectivity index (χ1n) is 5.74. The summed E-state index contributed by atoms with van der Waals surface area (Å²) in [5.74, 6) is 0.537. The van der Waals surface area contributed by atoms with E-state index in [0.29, 0.717) is 12.5 Å². The fourth-order valence-corrected chi connectivity index (χ4v) is 2.37. The molecule has 0 fully saturated rings. The third-order valence-corrected chi connectivity index (χ3v) is 3.24. The van der Waals surface area contributed by atoms with Gasteiger partial charge in [-0.15, -0.1) is 0 Å². The lowest BCUT2D eigenvalue weighted by Gasteiger charge is -2.29. The maximum absolute atomic E-state index is 11.1. The maximum atomic E-state index is 11.1. The Labute approximate surface area is 96.2 Å². The summed E-state index contributed by atoms with van der Waals surface area (Å²) in [5.41, 5.74) is 9.37. The topological polar surface area (TPSA) is 46.3 Å². The minimum absolute atomic E-state index is 0.319. The van der Waals surface area contributed by atoms with Gasteiger partial charge in [-0.1, -0.05) is 32.0 Å². The molecule has 1 heterocycles. The van der Waals surface area contributed by atoms with Gasteiger partial charge in [-0.3, -0.25) is 0 Å². The number of hydrogen-bond donors (Lipinski definition) is 1. The number of benzene rings is 1. The van der Waals surface area contributed by atoms with Crippen molar-refractivity contribution in [2.24, 2.45) is 5.73 Å².